The molecule has 0 saturated heterocycles. The standard InChI is InChI=1S/C13H12F3N3O2/c1-2-8-7-11(19-18-8)12(20)17-9-3-5-10(6-4-9)21-13(14,15)16/h3-7H,2H2,1H3,(H,17,20)(H,18,19). The molecule has 0 spiro atoms. The van der Waals surface area contributed by atoms with E-state index in [-0.39, 0.29) is 11.4 Å². The molecule has 112 valence electrons. The number of benzene rings is 1. The molecule has 0 aliphatic rings. The van der Waals surface area contributed by atoms with Crippen LogP contribution in [0.15, 0.2) is 30.3 Å². The Balaban J connectivity index is 2.01. The smallest absolute Gasteiger partial charge is 0.406 e. The van der Waals surface area contributed by atoms with Gasteiger partial charge in [-0.05, 0) is 36.8 Å². The van der Waals surface area contributed by atoms with E-state index in [1.807, 2.05) is 6.92 Å². The first-order valence-electron chi connectivity index (χ1n) is 6.09. The minimum absolute atomic E-state index is 0.211. The molecule has 8 heteroatoms. The van der Waals surface area contributed by atoms with Crippen LogP contribution in [0.3, 0.4) is 0 Å². The SMILES string of the molecule is CCc1cc(C(=O)Nc2ccc(OC(F)(F)F)cc2)n[nH]1. The second kappa shape index (κ2) is 5.86. The van der Waals surface area contributed by atoms with Crippen molar-refractivity contribution in [2.24, 2.45) is 0 Å². The average molecular weight is 299 g/mol. The van der Waals surface area contributed by atoms with Crippen LogP contribution in [0.25, 0.3) is 0 Å². The summed E-state index contributed by atoms with van der Waals surface area (Å²) < 4.78 is 39.8. The summed E-state index contributed by atoms with van der Waals surface area (Å²) in [6, 6.07) is 6.46. The van der Waals surface area contributed by atoms with Crippen molar-refractivity contribution in [1.82, 2.24) is 10.2 Å². The number of halogens is 3. The van der Waals surface area contributed by atoms with Crippen LogP contribution in [0, 0.1) is 0 Å². The highest BCUT2D eigenvalue weighted by molar-refractivity contribution is 6.02. The number of amides is 1. The van der Waals surface area contributed by atoms with Crippen LogP contribution in [-0.4, -0.2) is 22.5 Å². The number of aromatic amines is 1. The third-order valence-corrected chi connectivity index (χ3v) is 2.59. The van der Waals surface area contributed by atoms with Crippen LogP contribution in [0.2, 0.25) is 0 Å². The first-order chi connectivity index (χ1) is 9.87. The molecule has 0 saturated carbocycles. The number of aryl methyl sites for hydroxylation is 1. The summed E-state index contributed by atoms with van der Waals surface area (Å²) in [5.74, 6) is -0.802. The van der Waals surface area contributed by atoms with E-state index < -0.39 is 12.3 Å². The van der Waals surface area contributed by atoms with Crippen LogP contribution in [0.5, 0.6) is 5.75 Å². The van der Waals surface area contributed by atoms with Gasteiger partial charge in [0.25, 0.3) is 5.91 Å². The Kier molecular flexibility index (Phi) is 4.15. The molecule has 1 aromatic carbocycles. The summed E-state index contributed by atoms with van der Waals surface area (Å²) in [7, 11) is 0. The van der Waals surface area contributed by atoms with Crippen molar-refractivity contribution in [1.29, 1.82) is 0 Å². The van der Waals surface area contributed by atoms with Crippen molar-refractivity contribution < 1.29 is 22.7 Å². The number of alkyl halides is 3. The lowest BCUT2D eigenvalue weighted by molar-refractivity contribution is -0.274. The van der Waals surface area contributed by atoms with Crippen LogP contribution in [0.4, 0.5) is 18.9 Å². The molecular weight excluding hydrogens is 287 g/mol. The molecule has 2 rings (SSSR count). The first kappa shape index (κ1) is 14.9. The number of carbonyl (C=O) groups excluding carboxylic acids is 1. The largest absolute Gasteiger partial charge is 0.573 e. The zero-order valence-corrected chi connectivity index (χ0v) is 11.0. The molecule has 0 atom stereocenters. The topological polar surface area (TPSA) is 67.0 Å². The molecule has 2 aromatic rings. The average Bonchev–Trinajstić information content (AvgIpc) is 2.88. The number of rotatable bonds is 4. The molecule has 0 fully saturated rings. The van der Waals surface area contributed by atoms with Crippen molar-refractivity contribution in [3.8, 4) is 5.75 Å². The van der Waals surface area contributed by atoms with Gasteiger partial charge in [0.2, 0.25) is 0 Å². The van der Waals surface area contributed by atoms with Gasteiger partial charge in [-0.1, -0.05) is 6.92 Å². The number of H-pyrrole nitrogens is 1. The van der Waals surface area contributed by atoms with Crippen LogP contribution >= 0.6 is 0 Å². The van der Waals surface area contributed by atoms with Crippen molar-refractivity contribution in [2.75, 3.05) is 5.32 Å². The number of hydrogen-bond acceptors (Lipinski definition) is 3. The number of hydrogen-bond donors (Lipinski definition) is 2. The highest BCUT2D eigenvalue weighted by atomic mass is 19.4. The van der Waals surface area contributed by atoms with Crippen molar-refractivity contribution >= 4 is 11.6 Å². The van der Waals surface area contributed by atoms with Gasteiger partial charge in [0.15, 0.2) is 5.69 Å². The lowest BCUT2D eigenvalue weighted by Gasteiger charge is -2.09. The molecule has 0 aliphatic heterocycles. The number of carbonyl (C=O) groups is 1. The van der Waals surface area contributed by atoms with E-state index in [2.05, 4.69) is 20.3 Å². The van der Waals surface area contributed by atoms with Gasteiger partial charge in [0, 0.05) is 11.4 Å². The molecule has 2 N–H and O–H groups in total. The molecule has 0 bridgehead atoms. The number of aromatic nitrogens is 2. The van der Waals surface area contributed by atoms with Crippen LogP contribution < -0.4 is 10.1 Å². The van der Waals surface area contributed by atoms with Crippen molar-refractivity contribution in [3.05, 3.63) is 41.7 Å². The Morgan fingerprint density at radius 2 is 2.00 bits per heavy atom. The highest BCUT2D eigenvalue weighted by Gasteiger charge is 2.30. The predicted molar refractivity (Wildman–Crippen MR) is 69.0 cm³/mol. The summed E-state index contributed by atoms with van der Waals surface area (Å²) in [5.41, 5.74) is 1.37. The van der Waals surface area contributed by atoms with E-state index in [9.17, 15) is 18.0 Å². The summed E-state index contributed by atoms with van der Waals surface area (Å²) in [6.45, 7) is 1.91. The van der Waals surface area contributed by atoms with Crippen molar-refractivity contribution in [3.63, 3.8) is 0 Å². The second-order valence-corrected chi connectivity index (χ2v) is 4.16. The maximum Gasteiger partial charge on any atom is 0.573 e. The summed E-state index contributed by atoms with van der Waals surface area (Å²) in [5, 5.41) is 9.07. The summed E-state index contributed by atoms with van der Waals surface area (Å²) in [6.07, 6.45) is -4.03. The number of nitrogens with zero attached hydrogens (tertiary/aromatic N) is 1. The lowest BCUT2D eigenvalue weighted by Crippen LogP contribution is -2.17. The van der Waals surface area contributed by atoms with Gasteiger partial charge in [-0.3, -0.25) is 9.89 Å². The molecule has 21 heavy (non-hydrogen) atoms. The van der Waals surface area contributed by atoms with Gasteiger partial charge in [-0.15, -0.1) is 13.2 Å². The Bertz CT molecular complexity index is 620. The highest BCUT2D eigenvalue weighted by Crippen LogP contribution is 2.24. The Morgan fingerprint density at radius 1 is 1.33 bits per heavy atom. The Morgan fingerprint density at radius 3 is 2.52 bits per heavy atom. The molecule has 1 heterocycles. The van der Waals surface area contributed by atoms with Crippen molar-refractivity contribution in [2.45, 2.75) is 19.7 Å². The third-order valence-electron chi connectivity index (χ3n) is 2.59. The minimum atomic E-state index is -4.74. The quantitative estimate of drug-likeness (QED) is 0.911. The molecular formula is C13H12F3N3O2. The van der Waals surface area contributed by atoms with Gasteiger partial charge < -0.3 is 10.1 Å². The zero-order valence-electron chi connectivity index (χ0n) is 11.0. The fourth-order valence-corrected chi connectivity index (χ4v) is 1.59. The molecule has 1 aromatic heterocycles. The third kappa shape index (κ3) is 4.23. The minimum Gasteiger partial charge on any atom is -0.406 e. The molecule has 0 unspecified atom stereocenters. The zero-order chi connectivity index (χ0) is 15.5. The summed E-state index contributed by atoms with van der Waals surface area (Å²) >= 11 is 0. The van der Waals surface area contributed by atoms with E-state index >= 15 is 0 Å². The van der Waals surface area contributed by atoms with E-state index in [1.165, 1.54) is 12.1 Å². The second-order valence-electron chi connectivity index (χ2n) is 4.16. The van der Waals surface area contributed by atoms with E-state index in [0.29, 0.717) is 12.1 Å². The fourth-order valence-electron chi connectivity index (χ4n) is 1.59. The Labute approximate surface area is 118 Å². The molecule has 0 aliphatic carbocycles. The maximum absolute atomic E-state index is 12.0. The number of ether oxygens (including phenoxy) is 1. The predicted octanol–water partition coefficient (Wildman–Crippen LogP) is 3.12. The van der Waals surface area contributed by atoms with Gasteiger partial charge >= 0.3 is 6.36 Å². The first-order valence-corrected chi connectivity index (χ1v) is 6.09. The van der Waals surface area contributed by atoms with E-state index in [0.717, 1.165) is 17.8 Å². The van der Waals surface area contributed by atoms with Crippen LogP contribution in [0.1, 0.15) is 23.1 Å². The maximum atomic E-state index is 12.0. The van der Waals surface area contributed by atoms with Gasteiger partial charge in [0.05, 0.1) is 0 Å². The Hall–Kier alpha value is -2.51. The molecule has 1 amide bonds. The normalized spacial score (nSPS) is 11.2. The van der Waals surface area contributed by atoms with Gasteiger partial charge in [-0.2, -0.15) is 5.10 Å². The summed E-state index contributed by atoms with van der Waals surface area (Å²) in [4.78, 5) is 11.9. The number of nitrogens with one attached hydrogen (secondary N) is 2. The number of anilines is 1. The monoisotopic (exact) mass is 299 g/mol. The van der Waals surface area contributed by atoms with Gasteiger partial charge in [-0.25, -0.2) is 0 Å². The van der Waals surface area contributed by atoms with Gasteiger partial charge in [0.1, 0.15) is 5.75 Å². The lowest BCUT2D eigenvalue weighted by atomic mass is 10.2. The van der Waals surface area contributed by atoms with E-state index in [4.69, 9.17) is 0 Å². The molecule has 5 nitrogen and oxygen atoms in total. The van der Waals surface area contributed by atoms with E-state index in [1.54, 1.807) is 6.07 Å². The van der Waals surface area contributed by atoms with Crippen LogP contribution in [-0.2, 0) is 6.42 Å². The molecule has 0 radical (unpaired) electrons. The fraction of sp³-hybridized carbons (Fsp3) is 0.231.